The number of hydrogen-bond donors (Lipinski definition) is 1. The Kier molecular flexibility index (Phi) is 15.0. The van der Waals surface area contributed by atoms with E-state index < -0.39 is 0 Å². The number of rotatable bonds is 6. The van der Waals surface area contributed by atoms with E-state index in [-0.39, 0.29) is 25.0 Å². The van der Waals surface area contributed by atoms with Crippen LogP contribution < -0.4 is 0 Å². The Bertz CT molecular complexity index is 180. The molecule has 0 aliphatic rings. The van der Waals surface area contributed by atoms with Gasteiger partial charge in [-0.1, -0.05) is 6.92 Å². The van der Waals surface area contributed by atoms with E-state index in [0.717, 1.165) is 6.42 Å². The fourth-order valence-corrected chi connectivity index (χ4v) is 0.564. The lowest BCUT2D eigenvalue weighted by molar-refractivity contribution is -0.269. The third kappa shape index (κ3) is 15.3. The summed E-state index contributed by atoms with van der Waals surface area (Å²) in [6.45, 7) is 3.95. The largest absolute Gasteiger partial charge is 0.469 e. The van der Waals surface area contributed by atoms with Gasteiger partial charge in [0.2, 0.25) is 0 Å². The molecule has 6 nitrogen and oxygen atoms in total. The van der Waals surface area contributed by atoms with E-state index in [9.17, 15) is 9.59 Å². The summed E-state index contributed by atoms with van der Waals surface area (Å²) in [6, 6.07) is 0. The predicted molar refractivity (Wildman–Crippen MR) is 56.3 cm³/mol. The van der Waals surface area contributed by atoms with Crippen molar-refractivity contribution in [2.45, 2.75) is 33.1 Å². The lowest BCUT2D eigenvalue weighted by atomic mass is 10.3. The molecule has 0 amide bonds. The molecule has 96 valence electrons. The molecule has 0 atom stereocenters. The summed E-state index contributed by atoms with van der Waals surface area (Å²) in [5.41, 5.74) is 0. The van der Waals surface area contributed by atoms with Gasteiger partial charge in [-0.25, -0.2) is 4.79 Å². The molecule has 0 radical (unpaired) electrons. The van der Waals surface area contributed by atoms with Gasteiger partial charge in [0.1, 0.15) is 0 Å². The molecule has 0 spiro atoms. The van der Waals surface area contributed by atoms with Gasteiger partial charge >= 0.3 is 11.9 Å². The summed E-state index contributed by atoms with van der Waals surface area (Å²) in [6.07, 6.45) is 1.32. The first-order chi connectivity index (χ1) is 7.62. The summed E-state index contributed by atoms with van der Waals surface area (Å²) in [7, 11) is 1.29. The van der Waals surface area contributed by atoms with Crippen LogP contribution in [0.4, 0.5) is 0 Å². The van der Waals surface area contributed by atoms with Crippen molar-refractivity contribution in [2.75, 3.05) is 20.3 Å². The Morgan fingerprint density at radius 3 is 2.06 bits per heavy atom. The van der Waals surface area contributed by atoms with Crippen molar-refractivity contribution >= 4 is 11.9 Å². The summed E-state index contributed by atoms with van der Waals surface area (Å²) >= 11 is 0. The zero-order valence-corrected chi connectivity index (χ0v) is 10.0. The summed E-state index contributed by atoms with van der Waals surface area (Å²) < 4.78 is 4.19. The second-order valence-corrected chi connectivity index (χ2v) is 2.66. The Hall–Kier alpha value is -1.14. The summed E-state index contributed by atoms with van der Waals surface area (Å²) in [4.78, 5) is 29.2. The molecular weight excluding hydrogens is 216 g/mol. The van der Waals surface area contributed by atoms with Gasteiger partial charge in [-0.3, -0.25) is 9.68 Å². The average molecular weight is 236 g/mol. The maximum Gasteiger partial charge on any atom is 0.342 e. The van der Waals surface area contributed by atoms with Crippen LogP contribution in [0, 0.1) is 0 Å². The average Bonchev–Trinajstić information content (AvgIpc) is 2.28. The highest BCUT2D eigenvalue weighted by Crippen LogP contribution is 1.90. The van der Waals surface area contributed by atoms with Crippen LogP contribution in [0.2, 0.25) is 0 Å². The number of ether oxygens (including phenoxy) is 1. The van der Waals surface area contributed by atoms with Crippen molar-refractivity contribution in [1.29, 1.82) is 0 Å². The predicted octanol–water partition coefficient (Wildman–Crippen LogP) is 0.823. The van der Waals surface area contributed by atoms with Gasteiger partial charge < -0.3 is 9.84 Å². The van der Waals surface area contributed by atoms with E-state index in [4.69, 9.17) is 5.11 Å². The molecule has 16 heavy (non-hydrogen) atoms. The molecule has 0 aromatic rings. The minimum Gasteiger partial charge on any atom is -0.469 e. The first kappa shape index (κ1) is 17.3. The van der Waals surface area contributed by atoms with Crippen LogP contribution in [-0.4, -0.2) is 37.4 Å². The van der Waals surface area contributed by atoms with Crippen LogP contribution in [0.1, 0.15) is 33.1 Å². The van der Waals surface area contributed by atoms with Gasteiger partial charge in [0, 0.05) is 6.42 Å². The molecule has 6 heteroatoms. The molecule has 0 fully saturated rings. The molecule has 1 N–H and O–H groups in total. The SMILES string of the molecule is CCCC(=O)OOCC.COC(=O)CCO. The maximum absolute atomic E-state index is 10.5. The molecule has 0 aliphatic carbocycles. The van der Waals surface area contributed by atoms with E-state index in [1.54, 1.807) is 6.92 Å². The third-order valence-electron chi connectivity index (χ3n) is 1.27. The molecule has 0 aromatic heterocycles. The lowest BCUT2D eigenvalue weighted by Gasteiger charge is -1.97. The molecule has 0 bridgehead atoms. The van der Waals surface area contributed by atoms with Crippen LogP contribution in [0.3, 0.4) is 0 Å². The zero-order valence-electron chi connectivity index (χ0n) is 10.0. The van der Waals surface area contributed by atoms with Crippen LogP contribution >= 0.6 is 0 Å². The molecule has 0 saturated carbocycles. The number of aliphatic hydroxyl groups is 1. The first-order valence-corrected chi connectivity index (χ1v) is 5.12. The smallest absolute Gasteiger partial charge is 0.342 e. The zero-order chi connectivity index (χ0) is 12.8. The number of hydrogen-bond acceptors (Lipinski definition) is 6. The highest BCUT2D eigenvalue weighted by molar-refractivity contribution is 5.69. The number of methoxy groups -OCH3 is 1. The van der Waals surface area contributed by atoms with Crippen molar-refractivity contribution < 1.29 is 29.2 Å². The van der Waals surface area contributed by atoms with Gasteiger partial charge in [0.25, 0.3) is 0 Å². The number of aliphatic hydroxyl groups excluding tert-OH is 1. The topological polar surface area (TPSA) is 82.1 Å². The summed E-state index contributed by atoms with van der Waals surface area (Å²) in [5.74, 6) is -0.665. The van der Waals surface area contributed by atoms with Gasteiger partial charge in [-0.2, -0.15) is 4.89 Å². The molecule has 0 heterocycles. The highest BCUT2D eigenvalue weighted by Gasteiger charge is 1.98. The van der Waals surface area contributed by atoms with Gasteiger partial charge in [-0.15, -0.1) is 0 Å². The molecule has 0 aromatic carbocycles. The second-order valence-electron chi connectivity index (χ2n) is 2.66. The Morgan fingerprint density at radius 1 is 1.12 bits per heavy atom. The fraction of sp³-hybridized carbons (Fsp3) is 0.800. The molecule has 0 aliphatic heterocycles. The van der Waals surface area contributed by atoms with Crippen LogP contribution in [-0.2, 0) is 24.1 Å². The first-order valence-electron chi connectivity index (χ1n) is 5.12. The Labute approximate surface area is 95.4 Å². The fourth-order valence-electron chi connectivity index (χ4n) is 0.564. The monoisotopic (exact) mass is 236 g/mol. The standard InChI is InChI=1S/C6H12O3.C4H8O3/c1-3-5-6(7)9-8-4-2;1-7-4(6)2-3-5/h3-5H2,1-2H3;5H,2-3H2,1H3. The second kappa shape index (κ2) is 13.9. The van der Waals surface area contributed by atoms with Gasteiger partial charge in [0.15, 0.2) is 0 Å². The summed E-state index contributed by atoms with van der Waals surface area (Å²) in [5, 5.41) is 8.07. The highest BCUT2D eigenvalue weighted by atomic mass is 17.2. The van der Waals surface area contributed by atoms with E-state index in [1.165, 1.54) is 7.11 Å². The van der Waals surface area contributed by atoms with Crippen LogP contribution in [0.25, 0.3) is 0 Å². The lowest BCUT2D eigenvalue weighted by Crippen LogP contribution is -2.03. The molecule has 0 rings (SSSR count). The minimum absolute atomic E-state index is 0.0938. The minimum atomic E-state index is -0.373. The van der Waals surface area contributed by atoms with E-state index >= 15 is 0 Å². The van der Waals surface area contributed by atoms with Crippen molar-refractivity contribution in [2.24, 2.45) is 0 Å². The quantitative estimate of drug-likeness (QED) is 0.418. The Balaban J connectivity index is 0. The van der Waals surface area contributed by atoms with Gasteiger partial charge in [-0.05, 0) is 13.3 Å². The van der Waals surface area contributed by atoms with Crippen molar-refractivity contribution in [3.8, 4) is 0 Å². The van der Waals surface area contributed by atoms with E-state index in [1.807, 2.05) is 6.92 Å². The van der Waals surface area contributed by atoms with Crippen LogP contribution in [0.15, 0.2) is 0 Å². The molecular formula is C10H20O6. The number of esters is 1. The van der Waals surface area contributed by atoms with E-state index in [0.29, 0.717) is 13.0 Å². The van der Waals surface area contributed by atoms with Crippen LogP contribution in [0.5, 0.6) is 0 Å². The molecule has 0 unspecified atom stereocenters. The third-order valence-corrected chi connectivity index (χ3v) is 1.27. The number of carbonyl (C=O) groups is 2. The Morgan fingerprint density at radius 2 is 1.75 bits per heavy atom. The van der Waals surface area contributed by atoms with Crippen molar-refractivity contribution in [3.05, 3.63) is 0 Å². The normalized spacial score (nSPS) is 8.75. The van der Waals surface area contributed by atoms with Gasteiger partial charge in [0.05, 0.1) is 26.7 Å². The van der Waals surface area contributed by atoms with E-state index in [2.05, 4.69) is 14.5 Å². The number of carbonyl (C=O) groups excluding carboxylic acids is 2. The van der Waals surface area contributed by atoms with Crippen molar-refractivity contribution in [1.82, 2.24) is 0 Å². The van der Waals surface area contributed by atoms with Crippen molar-refractivity contribution in [3.63, 3.8) is 0 Å². The molecule has 0 saturated heterocycles. The maximum atomic E-state index is 10.5.